The highest BCUT2D eigenvalue weighted by Crippen LogP contribution is 2.15. The number of carbonyl (C=O) groups excluding carboxylic acids is 3. The minimum absolute atomic E-state index is 0.113. The van der Waals surface area contributed by atoms with Crippen molar-refractivity contribution in [2.75, 3.05) is 13.2 Å². The van der Waals surface area contributed by atoms with Gasteiger partial charge in [-0.25, -0.2) is 0 Å². The summed E-state index contributed by atoms with van der Waals surface area (Å²) in [7, 11) is 0. The highest BCUT2D eigenvalue weighted by Gasteiger charge is 2.19. The van der Waals surface area contributed by atoms with Gasteiger partial charge in [0.15, 0.2) is 6.10 Å². The van der Waals surface area contributed by atoms with Gasteiger partial charge in [0.25, 0.3) is 0 Å². The maximum atomic E-state index is 12.8. The fraction of sp³-hybridized carbons (Fsp3) is 0.632. The summed E-state index contributed by atoms with van der Waals surface area (Å²) in [4.78, 5) is 37.9. The zero-order valence-electron chi connectivity index (χ0n) is 40.5. The monoisotopic (exact) mass is 873 g/mol. The summed E-state index contributed by atoms with van der Waals surface area (Å²) in [6.07, 6.45) is 67.9. The molecule has 0 aromatic rings. The maximum absolute atomic E-state index is 12.8. The van der Waals surface area contributed by atoms with Gasteiger partial charge in [-0.15, -0.1) is 0 Å². The van der Waals surface area contributed by atoms with Crippen molar-refractivity contribution in [2.45, 2.75) is 219 Å². The first-order valence-electron chi connectivity index (χ1n) is 25.5. The van der Waals surface area contributed by atoms with Gasteiger partial charge in [-0.05, 0) is 70.6 Å². The molecule has 6 heteroatoms. The highest BCUT2D eigenvalue weighted by molar-refractivity contribution is 5.71. The van der Waals surface area contributed by atoms with Gasteiger partial charge in [0.2, 0.25) is 0 Å². The summed E-state index contributed by atoms with van der Waals surface area (Å²) in [5.41, 5.74) is 0. The molecule has 0 aromatic carbocycles. The van der Waals surface area contributed by atoms with Gasteiger partial charge in [0.05, 0.1) is 0 Å². The van der Waals surface area contributed by atoms with Crippen LogP contribution in [0.3, 0.4) is 0 Å². The molecule has 1 unspecified atom stereocenters. The highest BCUT2D eigenvalue weighted by atomic mass is 16.6. The van der Waals surface area contributed by atoms with E-state index in [0.29, 0.717) is 19.3 Å². The molecule has 0 aliphatic heterocycles. The normalized spacial score (nSPS) is 13.0. The summed E-state index contributed by atoms with van der Waals surface area (Å²) in [6.45, 7) is 6.30. The van der Waals surface area contributed by atoms with Crippen LogP contribution in [0.25, 0.3) is 0 Å². The standard InChI is InChI=1S/C57H92O6/c1-4-7-10-13-16-19-22-25-27-29-31-32-35-38-41-44-47-50-56(59)62-53-54(52-61-55(58)49-46-43-40-37-34-24-21-18-15-12-9-6-3)63-57(60)51-48-45-42-39-36-33-30-28-26-23-20-17-14-11-8-5-2/h7,9-10,12-13,16,18-19,21-22,25,27,29,31-32,34-35,37,54H,4-6,8,11,14-15,17,20,23-24,26,28,30,33,36,38-53H2,1-3H3/b10-7-,12-9-,16-13-,21-18-,22-19-,27-25-,31-29+,35-32-,37-34-. The van der Waals surface area contributed by atoms with Crippen molar-refractivity contribution in [3.8, 4) is 0 Å². The van der Waals surface area contributed by atoms with E-state index in [2.05, 4.69) is 69.4 Å². The Labute approximate surface area is 387 Å². The first-order valence-corrected chi connectivity index (χ1v) is 25.5. The fourth-order valence-corrected chi connectivity index (χ4v) is 6.66. The molecule has 0 rings (SSSR count). The number of ether oxygens (including phenoxy) is 3. The second kappa shape index (κ2) is 50.7. The van der Waals surface area contributed by atoms with Gasteiger partial charge in [-0.2, -0.15) is 0 Å². The number of rotatable bonds is 44. The average molecular weight is 873 g/mol. The van der Waals surface area contributed by atoms with E-state index in [1.807, 2.05) is 60.8 Å². The number of hydrogen-bond acceptors (Lipinski definition) is 6. The largest absolute Gasteiger partial charge is 0.462 e. The topological polar surface area (TPSA) is 78.9 Å². The van der Waals surface area contributed by atoms with E-state index in [0.717, 1.165) is 89.9 Å². The van der Waals surface area contributed by atoms with Gasteiger partial charge in [-0.1, -0.05) is 233 Å². The number of esters is 3. The van der Waals surface area contributed by atoms with Crippen molar-refractivity contribution in [3.05, 3.63) is 109 Å². The molecule has 0 spiro atoms. The third-order valence-corrected chi connectivity index (χ3v) is 10.4. The Morgan fingerprint density at radius 2 is 0.698 bits per heavy atom. The van der Waals surface area contributed by atoms with Crippen molar-refractivity contribution in [2.24, 2.45) is 0 Å². The van der Waals surface area contributed by atoms with E-state index in [4.69, 9.17) is 14.2 Å². The molecule has 0 saturated carbocycles. The van der Waals surface area contributed by atoms with Crippen LogP contribution in [0.2, 0.25) is 0 Å². The van der Waals surface area contributed by atoms with Crippen LogP contribution in [0.1, 0.15) is 213 Å². The zero-order chi connectivity index (χ0) is 45.8. The zero-order valence-corrected chi connectivity index (χ0v) is 40.5. The smallest absolute Gasteiger partial charge is 0.306 e. The van der Waals surface area contributed by atoms with E-state index in [-0.39, 0.29) is 31.1 Å². The Hall–Kier alpha value is -3.93. The molecule has 0 bridgehead atoms. The SMILES string of the molecule is CC\C=C/C=C\C=C/C=C\C=C\C=C/CCCCCC(=O)OCC(COC(=O)CCCC/C=C\C/C=C\C/C=C\CC)OC(=O)CCCCCCCCCCCCCCCCCC. The Balaban J connectivity index is 4.51. The molecule has 0 amide bonds. The molecule has 0 aliphatic rings. The summed E-state index contributed by atoms with van der Waals surface area (Å²) < 4.78 is 16.7. The van der Waals surface area contributed by atoms with Crippen molar-refractivity contribution in [3.63, 3.8) is 0 Å². The number of hydrogen-bond donors (Lipinski definition) is 0. The summed E-state index contributed by atoms with van der Waals surface area (Å²) in [6, 6.07) is 0. The molecular formula is C57H92O6. The fourth-order valence-electron chi connectivity index (χ4n) is 6.66. The van der Waals surface area contributed by atoms with Crippen LogP contribution in [0.4, 0.5) is 0 Å². The first-order chi connectivity index (χ1) is 31.0. The predicted octanol–water partition coefficient (Wildman–Crippen LogP) is 16.8. The number of allylic oxidation sites excluding steroid dienone is 18. The second-order valence-corrected chi connectivity index (χ2v) is 16.5. The lowest BCUT2D eigenvalue weighted by molar-refractivity contribution is -0.167. The molecule has 0 aliphatic carbocycles. The van der Waals surface area contributed by atoms with Crippen LogP contribution < -0.4 is 0 Å². The van der Waals surface area contributed by atoms with Crippen LogP contribution >= 0.6 is 0 Å². The lowest BCUT2D eigenvalue weighted by Crippen LogP contribution is -2.30. The molecule has 63 heavy (non-hydrogen) atoms. The quantitative estimate of drug-likeness (QED) is 0.0199. The molecule has 1 atom stereocenters. The van der Waals surface area contributed by atoms with Gasteiger partial charge >= 0.3 is 17.9 Å². The number of carbonyl (C=O) groups is 3. The second-order valence-electron chi connectivity index (χ2n) is 16.5. The predicted molar refractivity (Wildman–Crippen MR) is 270 cm³/mol. The van der Waals surface area contributed by atoms with E-state index in [1.165, 1.54) is 83.5 Å². The number of unbranched alkanes of at least 4 members (excludes halogenated alkanes) is 20. The molecule has 356 valence electrons. The van der Waals surface area contributed by atoms with Crippen LogP contribution in [-0.4, -0.2) is 37.2 Å². The van der Waals surface area contributed by atoms with Gasteiger partial charge in [0.1, 0.15) is 13.2 Å². The molecule has 0 N–H and O–H groups in total. The Kier molecular flexibility index (Phi) is 47.5. The van der Waals surface area contributed by atoms with Crippen LogP contribution in [-0.2, 0) is 28.6 Å². The average Bonchev–Trinajstić information content (AvgIpc) is 3.28. The molecule has 0 saturated heterocycles. The lowest BCUT2D eigenvalue weighted by atomic mass is 10.0. The molecule has 0 heterocycles. The van der Waals surface area contributed by atoms with Crippen molar-refractivity contribution < 1.29 is 28.6 Å². The molecule has 0 radical (unpaired) electrons. The van der Waals surface area contributed by atoms with E-state index in [1.54, 1.807) is 0 Å². The summed E-state index contributed by atoms with van der Waals surface area (Å²) in [5.74, 6) is -0.996. The Morgan fingerprint density at radius 1 is 0.349 bits per heavy atom. The first kappa shape index (κ1) is 59.1. The minimum Gasteiger partial charge on any atom is -0.462 e. The minimum atomic E-state index is -0.811. The van der Waals surface area contributed by atoms with Crippen molar-refractivity contribution >= 4 is 17.9 Å². The third-order valence-electron chi connectivity index (χ3n) is 10.4. The molecule has 0 aromatic heterocycles. The molecule has 6 nitrogen and oxygen atoms in total. The van der Waals surface area contributed by atoms with Gasteiger partial charge < -0.3 is 14.2 Å². The summed E-state index contributed by atoms with van der Waals surface area (Å²) in [5, 5.41) is 0. The van der Waals surface area contributed by atoms with Crippen molar-refractivity contribution in [1.82, 2.24) is 0 Å². The Bertz CT molecular complexity index is 1330. The lowest BCUT2D eigenvalue weighted by Gasteiger charge is -2.18. The van der Waals surface area contributed by atoms with Crippen LogP contribution in [0.5, 0.6) is 0 Å². The molecular weight excluding hydrogens is 781 g/mol. The van der Waals surface area contributed by atoms with Crippen LogP contribution in [0, 0.1) is 0 Å². The Morgan fingerprint density at radius 3 is 1.19 bits per heavy atom. The van der Waals surface area contributed by atoms with Gasteiger partial charge in [-0.3, -0.25) is 14.4 Å². The molecule has 0 fully saturated rings. The van der Waals surface area contributed by atoms with E-state index >= 15 is 0 Å². The van der Waals surface area contributed by atoms with Gasteiger partial charge in [0, 0.05) is 19.3 Å². The third kappa shape index (κ3) is 49.0. The maximum Gasteiger partial charge on any atom is 0.306 e. The van der Waals surface area contributed by atoms with E-state index in [9.17, 15) is 14.4 Å². The van der Waals surface area contributed by atoms with Crippen molar-refractivity contribution in [1.29, 1.82) is 0 Å². The summed E-state index contributed by atoms with van der Waals surface area (Å²) >= 11 is 0. The van der Waals surface area contributed by atoms with E-state index < -0.39 is 6.10 Å². The van der Waals surface area contributed by atoms with Crippen LogP contribution in [0.15, 0.2) is 109 Å².